The minimum atomic E-state index is -4.75. The van der Waals surface area contributed by atoms with Crippen molar-refractivity contribution in [3.05, 3.63) is 64.9 Å². The first-order valence-electron chi connectivity index (χ1n) is 13.3. The molecule has 1 aromatic heterocycles. The van der Waals surface area contributed by atoms with Crippen LogP contribution in [0.4, 0.5) is 23.4 Å². The Morgan fingerprint density at radius 2 is 1.85 bits per heavy atom. The fraction of sp³-hybridized carbons (Fsp3) is 0.414. The molecule has 1 saturated heterocycles. The third-order valence-electron chi connectivity index (χ3n) is 7.53. The lowest BCUT2D eigenvalue weighted by Gasteiger charge is -2.45. The highest BCUT2D eigenvalue weighted by Crippen LogP contribution is 2.50. The summed E-state index contributed by atoms with van der Waals surface area (Å²) in [6, 6.07) is 4.87. The number of alkyl halides is 3. The SMILES string of the molecule is C=CC(=O)N1[C@H](C)CN(c2nc(=O)n3c4c(c(-c5ccc(F)cc5)c(C(F)(F)F)cc24)SC[C@@H]3COCC)C[C@@H]1C. The zero-order valence-electron chi connectivity index (χ0n) is 22.9. The molecule has 2 aromatic carbocycles. The number of rotatable bonds is 6. The number of benzene rings is 2. The van der Waals surface area contributed by atoms with Gasteiger partial charge in [0.05, 0.1) is 23.7 Å². The van der Waals surface area contributed by atoms with Gasteiger partial charge in [-0.1, -0.05) is 18.7 Å². The number of thioether (sulfide) groups is 1. The Labute approximate surface area is 238 Å². The maximum Gasteiger partial charge on any atom is 0.417 e. The van der Waals surface area contributed by atoms with Crippen molar-refractivity contribution < 1.29 is 27.1 Å². The lowest BCUT2D eigenvalue weighted by molar-refractivity contribution is -0.137. The van der Waals surface area contributed by atoms with Crippen molar-refractivity contribution in [2.75, 3.05) is 37.0 Å². The number of amides is 1. The zero-order chi connectivity index (χ0) is 29.6. The Bertz CT molecular complexity index is 1550. The minimum absolute atomic E-state index is 0.0988. The number of nitrogens with zero attached hydrogens (tertiary/aromatic N) is 4. The summed E-state index contributed by atoms with van der Waals surface area (Å²) in [5.41, 5.74) is -1.04. The van der Waals surface area contributed by atoms with Crippen LogP contribution in [0.1, 0.15) is 32.4 Å². The molecule has 0 saturated carbocycles. The second kappa shape index (κ2) is 11.1. The Balaban J connectivity index is 1.80. The van der Waals surface area contributed by atoms with Crippen LogP contribution in [-0.2, 0) is 15.7 Å². The smallest absolute Gasteiger partial charge is 0.380 e. The monoisotopic (exact) mass is 590 g/mol. The Morgan fingerprint density at radius 1 is 1.20 bits per heavy atom. The number of hydrogen-bond acceptors (Lipinski definition) is 6. The fourth-order valence-corrected chi connectivity index (χ4v) is 7.19. The molecule has 218 valence electrons. The summed E-state index contributed by atoms with van der Waals surface area (Å²) in [5.74, 6) is -0.370. The van der Waals surface area contributed by atoms with Crippen LogP contribution in [0.2, 0.25) is 0 Å². The summed E-state index contributed by atoms with van der Waals surface area (Å²) in [6.07, 6.45) is -3.51. The summed E-state index contributed by atoms with van der Waals surface area (Å²) in [7, 11) is 0. The van der Waals surface area contributed by atoms with E-state index in [9.17, 15) is 27.2 Å². The summed E-state index contributed by atoms with van der Waals surface area (Å²) >= 11 is 1.22. The number of ether oxygens (including phenoxy) is 1. The van der Waals surface area contributed by atoms with E-state index >= 15 is 0 Å². The average molecular weight is 591 g/mol. The molecule has 0 N–H and O–H groups in total. The van der Waals surface area contributed by atoms with Gasteiger partial charge in [-0.05, 0) is 50.6 Å². The van der Waals surface area contributed by atoms with Crippen LogP contribution in [0.5, 0.6) is 0 Å². The van der Waals surface area contributed by atoms with Crippen LogP contribution in [0.25, 0.3) is 22.0 Å². The molecule has 2 aliphatic heterocycles. The zero-order valence-corrected chi connectivity index (χ0v) is 23.7. The van der Waals surface area contributed by atoms with Crippen molar-refractivity contribution in [3.63, 3.8) is 0 Å². The van der Waals surface area contributed by atoms with Gasteiger partial charge in [0.25, 0.3) is 0 Å². The summed E-state index contributed by atoms with van der Waals surface area (Å²) < 4.78 is 65.0. The first kappa shape index (κ1) is 29.1. The van der Waals surface area contributed by atoms with Gasteiger partial charge < -0.3 is 14.5 Å². The van der Waals surface area contributed by atoms with Gasteiger partial charge in [-0.25, -0.2) is 9.18 Å². The van der Waals surface area contributed by atoms with Gasteiger partial charge in [0.2, 0.25) is 5.91 Å². The van der Waals surface area contributed by atoms with Gasteiger partial charge in [-0.15, -0.1) is 11.8 Å². The van der Waals surface area contributed by atoms with E-state index in [2.05, 4.69) is 11.6 Å². The van der Waals surface area contributed by atoms with Gasteiger partial charge in [0.15, 0.2) is 0 Å². The van der Waals surface area contributed by atoms with E-state index in [1.54, 1.807) is 9.80 Å². The minimum Gasteiger partial charge on any atom is -0.380 e. The van der Waals surface area contributed by atoms with Crippen molar-refractivity contribution >= 4 is 34.4 Å². The maximum atomic E-state index is 14.7. The molecule has 3 heterocycles. The van der Waals surface area contributed by atoms with Gasteiger partial charge in [-0.3, -0.25) is 9.36 Å². The van der Waals surface area contributed by atoms with Crippen LogP contribution >= 0.6 is 11.8 Å². The first-order valence-corrected chi connectivity index (χ1v) is 14.3. The molecule has 0 unspecified atom stereocenters. The van der Waals surface area contributed by atoms with E-state index in [0.717, 1.165) is 18.2 Å². The van der Waals surface area contributed by atoms with Gasteiger partial charge in [0, 0.05) is 53.4 Å². The third kappa shape index (κ3) is 5.23. The second-order valence-corrected chi connectivity index (χ2v) is 11.3. The Kier molecular flexibility index (Phi) is 7.90. The summed E-state index contributed by atoms with van der Waals surface area (Å²) in [5, 5.41) is 0.189. The highest BCUT2D eigenvalue weighted by molar-refractivity contribution is 7.99. The molecule has 5 rings (SSSR count). The highest BCUT2D eigenvalue weighted by atomic mass is 32.2. The second-order valence-electron chi connectivity index (χ2n) is 10.3. The topological polar surface area (TPSA) is 67.7 Å². The van der Waals surface area contributed by atoms with Crippen LogP contribution < -0.4 is 10.6 Å². The van der Waals surface area contributed by atoms with E-state index in [4.69, 9.17) is 4.74 Å². The lowest BCUT2D eigenvalue weighted by Crippen LogP contribution is -2.58. The van der Waals surface area contributed by atoms with Crippen LogP contribution in [0.15, 0.2) is 52.7 Å². The van der Waals surface area contributed by atoms with E-state index in [0.29, 0.717) is 17.9 Å². The largest absolute Gasteiger partial charge is 0.417 e. The molecule has 0 bridgehead atoms. The lowest BCUT2D eigenvalue weighted by atomic mass is 9.95. The fourth-order valence-electron chi connectivity index (χ4n) is 5.87. The van der Waals surface area contributed by atoms with Crippen LogP contribution in [0.3, 0.4) is 0 Å². The number of carbonyl (C=O) groups excluding carboxylic acids is 1. The predicted molar refractivity (Wildman–Crippen MR) is 151 cm³/mol. The Morgan fingerprint density at radius 3 is 2.44 bits per heavy atom. The van der Waals surface area contributed by atoms with Crippen molar-refractivity contribution in [1.29, 1.82) is 0 Å². The molecule has 1 fully saturated rings. The van der Waals surface area contributed by atoms with Crippen molar-refractivity contribution in [1.82, 2.24) is 14.5 Å². The van der Waals surface area contributed by atoms with E-state index in [1.807, 2.05) is 20.8 Å². The standard InChI is InChI=1S/C29H30F4N4O3S/c1-5-23(38)36-16(3)12-35(13-17(36)4)27-21-11-22(29(31,32)33)24(18-7-9-19(30)10-8-18)26-25(21)37(28(39)34-27)20(15-41-26)14-40-6-2/h5,7-11,16-17,20H,1,6,12-15H2,2-4H3/t16-,17+,20-/m0/s1. The molecule has 0 radical (unpaired) electrons. The van der Waals surface area contributed by atoms with E-state index in [-0.39, 0.29) is 64.9 Å². The number of hydrogen-bond donors (Lipinski definition) is 0. The molecule has 7 nitrogen and oxygen atoms in total. The molecule has 3 atom stereocenters. The number of piperazine rings is 1. The van der Waals surface area contributed by atoms with Gasteiger partial charge >= 0.3 is 11.9 Å². The normalized spacial score (nSPS) is 20.9. The molecular weight excluding hydrogens is 560 g/mol. The molecule has 3 aromatic rings. The average Bonchev–Trinajstić information content (AvgIpc) is 2.92. The molecule has 0 aliphatic carbocycles. The molecule has 1 amide bonds. The quantitative estimate of drug-likeness (QED) is 0.279. The number of halogens is 4. The number of anilines is 1. The molecule has 12 heteroatoms. The van der Waals surface area contributed by atoms with Crippen molar-refractivity contribution in [3.8, 4) is 11.1 Å². The van der Waals surface area contributed by atoms with Crippen LogP contribution in [-0.4, -0.2) is 64.5 Å². The Hall–Kier alpha value is -3.38. The number of aromatic nitrogens is 2. The van der Waals surface area contributed by atoms with Gasteiger partial charge in [-0.2, -0.15) is 18.2 Å². The molecule has 41 heavy (non-hydrogen) atoms. The third-order valence-corrected chi connectivity index (χ3v) is 8.77. The maximum absolute atomic E-state index is 14.7. The van der Waals surface area contributed by atoms with Crippen molar-refractivity contribution in [2.24, 2.45) is 0 Å². The van der Waals surface area contributed by atoms with Crippen molar-refractivity contribution in [2.45, 2.75) is 50.0 Å². The first-order chi connectivity index (χ1) is 19.5. The molecule has 2 aliphatic rings. The van der Waals surface area contributed by atoms with Crippen LogP contribution in [0, 0.1) is 5.82 Å². The predicted octanol–water partition coefficient (Wildman–Crippen LogP) is 5.52. The summed E-state index contributed by atoms with van der Waals surface area (Å²) in [6.45, 7) is 10.2. The molecular formula is C29H30F4N4O3S. The summed E-state index contributed by atoms with van der Waals surface area (Å²) in [4.78, 5) is 34.2. The highest BCUT2D eigenvalue weighted by Gasteiger charge is 2.40. The van der Waals surface area contributed by atoms with Gasteiger partial charge in [0.1, 0.15) is 11.6 Å². The molecule has 0 spiro atoms. The van der Waals surface area contributed by atoms with E-state index < -0.39 is 29.3 Å². The number of carbonyl (C=O) groups is 1. The van der Waals surface area contributed by atoms with E-state index in [1.165, 1.54) is 34.5 Å².